The van der Waals surface area contributed by atoms with Gasteiger partial charge in [0.15, 0.2) is 0 Å². The summed E-state index contributed by atoms with van der Waals surface area (Å²) >= 11 is 0. The number of ether oxygens (including phenoxy) is 1. The number of benzene rings is 2. The predicted molar refractivity (Wildman–Crippen MR) is 121 cm³/mol. The summed E-state index contributed by atoms with van der Waals surface area (Å²) in [6.07, 6.45) is -0.613. The first-order chi connectivity index (χ1) is 15.1. The molecular formula is C25H30N2O5. The second kappa shape index (κ2) is 9.02. The summed E-state index contributed by atoms with van der Waals surface area (Å²) < 4.78 is 5.56. The number of carboxylic acid groups (broad SMARTS) is 1. The van der Waals surface area contributed by atoms with Crippen molar-refractivity contribution in [2.45, 2.75) is 57.5 Å². The maximum absolute atomic E-state index is 12.8. The van der Waals surface area contributed by atoms with Crippen molar-refractivity contribution in [3.8, 4) is 11.1 Å². The van der Waals surface area contributed by atoms with Crippen LogP contribution in [0, 0.1) is 0 Å². The Kier molecular flexibility index (Phi) is 6.57. The SMILES string of the molecule is CCC(C)(NC(=O)OCC1c2ccccc2-c2ccccc21)C(=O)NC(C)(C)CC(=O)O. The second-order valence-electron chi connectivity index (χ2n) is 9.04. The van der Waals surface area contributed by atoms with Crippen LogP contribution in [-0.4, -0.2) is 40.8 Å². The molecule has 7 heteroatoms. The molecule has 1 atom stereocenters. The van der Waals surface area contributed by atoms with Crippen molar-refractivity contribution in [1.82, 2.24) is 10.6 Å². The van der Waals surface area contributed by atoms with Crippen LogP contribution in [0.1, 0.15) is 57.6 Å². The Morgan fingerprint density at radius 3 is 1.97 bits per heavy atom. The van der Waals surface area contributed by atoms with Gasteiger partial charge in [-0.2, -0.15) is 0 Å². The molecule has 0 aliphatic heterocycles. The zero-order valence-corrected chi connectivity index (χ0v) is 18.9. The van der Waals surface area contributed by atoms with Crippen LogP contribution in [0.4, 0.5) is 4.79 Å². The summed E-state index contributed by atoms with van der Waals surface area (Å²) in [5.41, 5.74) is 2.28. The first-order valence-corrected chi connectivity index (χ1v) is 10.7. The summed E-state index contributed by atoms with van der Waals surface area (Å²) in [7, 11) is 0. The van der Waals surface area contributed by atoms with E-state index in [1.165, 1.54) is 0 Å². The van der Waals surface area contributed by atoms with Gasteiger partial charge < -0.3 is 20.5 Å². The fourth-order valence-electron chi connectivity index (χ4n) is 4.03. The van der Waals surface area contributed by atoms with E-state index in [1.54, 1.807) is 27.7 Å². The smallest absolute Gasteiger partial charge is 0.408 e. The van der Waals surface area contributed by atoms with E-state index in [-0.39, 0.29) is 18.9 Å². The van der Waals surface area contributed by atoms with E-state index in [9.17, 15) is 14.4 Å². The van der Waals surface area contributed by atoms with Crippen molar-refractivity contribution < 1.29 is 24.2 Å². The molecule has 0 fully saturated rings. The van der Waals surface area contributed by atoms with Crippen LogP contribution < -0.4 is 10.6 Å². The van der Waals surface area contributed by atoms with Crippen LogP contribution in [0.5, 0.6) is 0 Å². The molecule has 1 aliphatic carbocycles. The lowest BCUT2D eigenvalue weighted by Gasteiger charge is -2.33. The molecule has 0 spiro atoms. The molecule has 2 aromatic rings. The van der Waals surface area contributed by atoms with Gasteiger partial charge in [-0.25, -0.2) is 4.79 Å². The van der Waals surface area contributed by atoms with Crippen molar-refractivity contribution >= 4 is 18.0 Å². The number of amides is 2. The predicted octanol–water partition coefficient (Wildman–Crippen LogP) is 4.06. The fourth-order valence-corrected chi connectivity index (χ4v) is 4.03. The Balaban J connectivity index is 1.67. The van der Waals surface area contributed by atoms with Gasteiger partial charge in [-0.15, -0.1) is 0 Å². The maximum Gasteiger partial charge on any atom is 0.408 e. The Morgan fingerprint density at radius 2 is 1.47 bits per heavy atom. The summed E-state index contributed by atoms with van der Waals surface area (Å²) in [6.45, 7) is 6.77. The van der Waals surface area contributed by atoms with Crippen LogP contribution in [0.15, 0.2) is 48.5 Å². The maximum atomic E-state index is 12.8. The quantitative estimate of drug-likeness (QED) is 0.576. The molecule has 7 nitrogen and oxygen atoms in total. The van der Waals surface area contributed by atoms with Gasteiger partial charge in [0.25, 0.3) is 0 Å². The first-order valence-electron chi connectivity index (χ1n) is 10.7. The fraction of sp³-hybridized carbons (Fsp3) is 0.400. The highest BCUT2D eigenvalue weighted by Gasteiger charge is 2.38. The molecule has 1 aliphatic rings. The molecule has 2 aromatic carbocycles. The lowest BCUT2D eigenvalue weighted by atomic mass is 9.94. The van der Waals surface area contributed by atoms with Gasteiger partial charge >= 0.3 is 12.1 Å². The number of alkyl carbamates (subject to hydrolysis) is 1. The number of rotatable bonds is 8. The van der Waals surface area contributed by atoms with E-state index < -0.39 is 29.0 Å². The zero-order chi connectivity index (χ0) is 23.5. The monoisotopic (exact) mass is 438 g/mol. The highest BCUT2D eigenvalue weighted by molar-refractivity contribution is 5.90. The number of fused-ring (bicyclic) bond motifs is 3. The average molecular weight is 439 g/mol. The molecule has 0 saturated heterocycles. The zero-order valence-electron chi connectivity index (χ0n) is 18.9. The minimum absolute atomic E-state index is 0.0793. The molecule has 3 N–H and O–H groups in total. The van der Waals surface area contributed by atoms with Gasteiger partial charge in [-0.05, 0) is 49.4 Å². The summed E-state index contributed by atoms with van der Waals surface area (Å²) in [5, 5.41) is 14.4. The summed E-state index contributed by atoms with van der Waals surface area (Å²) in [4.78, 5) is 36.5. The molecule has 1 unspecified atom stereocenters. The van der Waals surface area contributed by atoms with Gasteiger partial charge in [0.2, 0.25) is 5.91 Å². The van der Waals surface area contributed by atoms with E-state index >= 15 is 0 Å². The molecule has 0 heterocycles. The van der Waals surface area contributed by atoms with Crippen molar-refractivity contribution in [3.05, 3.63) is 59.7 Å². The van der Waals surface area contributed by atoms with Crippen molar-refractivity contribution in [2.75, 3.05) is 6.61 Å². The van der Waals surface area contributed by atoms with E-state index in [0.29, 0.717) is 6.42 Å². The van der Waals surface area contributed by atoms with E-state index in [1.807, 2.05) is 36.4 Å². The number of aliphatic carboxylic acids is 1. The Bertz CT molecular complexity index is 987. The number of carboxylic acids is 1. The molecule has 3 rings (SSSR count). The van der Waals surface area contributed by atoms with Crippen LogP contribution in [0.2, 0.25) is 0 Å². The third-order valence-corrected chi connectivity index (χ3v) is 5.97. The molecule has 0 aromatic heterocycles. The molecule has 0 bridgehead atoms. The lowest BCUT2D eigenvalue weighted by Crippen LogP contribution is -2.60. The normalized spacial score (nSPS) is 14.6. The summed E-state index contributed by atoms with van der Waals surface area (Å²) in [5.74, 6) is -1.55. The number of hydrogen-bond donors (Lipinski definition) is 3. The Labute approximate surface area is 188 Å². The summed E-state index contributed by atoms with van der Waals surface area (Å²) in [6, 6.07) is 16.1. The minimum atomic E-state index is -1.24. The van der Waals surface area contributed by atoms with Crippen molar-refractivity contribution in [2.24, 2.45) is 0 Å². The average Bonchev–Trinajstić information content (AvgIpc) is 3.04. The Morgan fingerprint density at radius 1 is 0.938 bits per heavy atom. The van der Waals surface area contributed by atoms with E-state index in [0.717, 1.165) is 22.3 Å². The van der Waals surface area contributed by atoms with Crippen LogP contribution in [0.3, 0.4) is 0 Å². The highest BCUT2D eigenvalue weighted by Crippen LogP contribution is 2.44. The van der Waals surface area contributed by atoms with E-state index in [2.05, 4.69) is 22.8 Å². The van der Waals surface area contributed by atoms with Gasteiger partial charge in [0.1, 0.15) is 12.1 Å². The topological polar surface area (TPSA) is 105 Å². The molecular weight excluding hydrogens is 408 g/mol. The van der Waals surface area contributed by atoms with Gasteiger partial charge in [0, 0.05) is 11.5 Å². The third kappa shape index (κ3) is 4.93. The van der Waals surface area contributed by atoms with E-state index in [4.69, 9.17) is 9.84 Å². The van der Waals surface area contributed by atoms with Gasteiger partial charge in [-0.1, -0.05) is 55.5 Å². The minimum Gasteiger partial charge on any atom is -0.481 e. The molecule has 170 valence electrons. The van der Waals surface area contributed by atoms with Crippen LogP contribution >= 0.6 is 0 Å². The van der Waals surface area contributed by atoms with Crippen molar-refractivity contribution in [3.63, 3.8) is 0 Å². The number of carbonyl (C=O) groups excluding carboxylic acids is 2. The first kappa shape index (κ1) is 23.3. The second-order valence-corrected chi connectivity index (χ2v) is 9.04. The molecule has 0 saturated carbocycles. The number of carbonyl (C=O) groups is 3. The lowest BCUT2D eigenvalue weighted by molar-refractivity contribution is -0.139. The third-order valence-electron chi connectivity index (χ3n) is 5.97. The van der Waals surface area contributed by atoms with Crippen LogP contribution in [-0.2, 0) is 14.3 Å². The van der Waals surface area contributed by atoms with Gasteiger partial charge in [0.05, 0.1) is 6.42 Å². The van der Waals surface area contributed by atoms with Crippen LogP contribution in [0.25, 0.3) is 11.1 Å². The number of hydrogen-bond acceptors (Lipinski definition) is 4. The standard InChI is InChI=1S/C25H30N2O5/c1-5-25(4,22(30)26-24(2,3)14-21(28)29)27-23(31)32-15-20-18-12-8-6-10-16(18)17-11-7-9-13-19(17)20/h6-13,20H,5,14-15H2,1-4H3,(H,26,30)(H,27,31)(H,28,29). The molecule has 2 amide bonds. The highest BCUT2D eigenvalue weighted by atomic mass is 16.5. The van der Waals surface area contributed by atoms with Gasteiger partial charge in [-0.3, -0.25) is 9.59 Å². The Hall–Kier alpha value is -3.35. The molecule has 32 heavy (non-hydrogen) atoms. The van der Waals surface area contributed by atoms with Crippen molar-refractivity contribution in [1.29, 1.82) is 0 Å². The largest absolute Gasteiger partial charge is 0.481 e. The molecule has 0 radical (unpaired) electrons. The number of nitrogens with one attached hydrogen (secondary N) is 2.